The first-order chi connectivity index (χ1) is 8.97. The van der Waals surface area contributed by atoms with Crippen LogP contribution in [0, 0.1) is 0 Å². The third-order valence-electron chi connectivity index (χ3n) is 2.93. The van der Waals surface area contributed by atoms with E-state index >= 15 is 0 Å². The molecular formula is C14H23N3O2. The zero-order valence-corrected chi connectivity index (χ0v) is 12.1. The molecule has 0 bridgehead atoms. The number of amides is 1. The zero-order valence-electron chi connectivity index (χ0n) is 12.1. The zero-order chi connectivity index (χ0) is 14.4. The number of methoxy groups -OCH3 is 1. The van der Waals surface area contributed by atoms with Gasteiger partial charge in [-0.05, 0) is 24.6 Å². The van der Waals surface area contributed by atoms with E-state index in [1.807, 2.05) is 13.1 Å². The van der Waals surface area contributed by atoms with Crippen molar-refractivity contribution in [1.82, 2.24) is 4.90 Å². The fourth-order valence-corrected chi connectivity index (χ4v) is 1.86. The van der Waals surface area contributed by atoms with Crippen LogP contribution in [0.4, 0.5) is 11.4 Å². The average molecular weight is 265 g/mol. The molecule has 1 amide bonds. The summed E-state index contributed by atoms with van der Waals surface area (Å²) in [5, 5.41) is 0. The highest BCUT2D eigenvalue weighted by molar-refractivity contribution is 5.95. The van der Waals surface area contributed by atoms with Crippen LogP contribution in [-0.4, -0.2) is 52.2 Å². The van der Waals surface area contributed by atoms with Crippen LogP contribution in [0.5, 0.6) is 0 Å². The summed E-state index contributed by atoms with van der Waals surface area (Å²) in [6, 6.07) is 5.42. The molecule has 0 unspecified atom stereocenters. The lowest BCUT2D eigenvalue weighted by Crippen LogP contribution is -2.23. The molecule has 5 heteroatoms. The molecule has 19 heavy (non-hydrogen) atoms. The third-order valence-corrected chi connectivity index (χ3v) is 2.93. The predicted octanol–water partition coefficient (Wildman–Crippen LogP) is 1.44. The van der Waals surface area contributed by atoms with Crippen molar-refractivity contribution in [3.63, 3.8) is 0 Å². The number of nitrogen functional groups attached to an aromatic ring is 1. The van der Waals surface area contributed by atoms with Gasteiger partial charge in [0, 0.05) is 47.0 Å². The second kappa shape index (κ2) is 6.99. The van der Waals surface area contributed by atoms with Crippen LogP contribution in [-0.2, 0) is 4.74 Å². The van der Waals surface area contributed by atoms with Crippen molar-refractivity contribution in [1.29, 1.82) is 0 Å². The van der Waals surface area contributed by atoms with E-state index in [0.717, 1.165) is 25.3 Å². The molecule has 5 nitrogen and oxygen atoms in total. The normalized spacial score (nSPS) is 10.3. The molecule has 0 heterocycles. The Balaban J connectivity index is 2.79. The number of benzene rings is 1. The highest BCUT2D eigenvalue weighted by Crippen LogP contribution is 2.24. The van der Waals surface area contributed by atoms with Gasteiger partial charge in [0.2, 0.25) is 0 Å². The van der Waals surface area contributed by atoms with Crippen LogP contribution < -0.4 is 10.6 Å². The Morgan fingerprint density at radius 1 is 1.32 bits per heavy atom. The van der Waals surface area contributed by atoms with Crippen molar-refractivity contribution in [3.05, 3.63) is 23.8 Å². The third kappa shape index (κ3) is 4.13. The van der Waals surface area contributed by atoms with E-state index in [0.29, 0.717) is 11.3 Å². The lowest BCUT2D eigenvalue weighted by atomic mass is 10.1. The average Bonchev–Trinajstić information content (AvgIpc) is 2.37. The van der Waals surface area contributed by atoms with Gasteiger partial charge in [-0.2, -0.15) is 0 Å². The number of anilines is 2. The first-order valence-corrected chi connectivity index (χ1v) is 6.28. The van der Waals surface area contributed by atoms with Crippen LogP contribution in [0.2, 0.25) is 0 Å². The molecule has 0 fully saturated rings. The topological polar surface area (TPSA) is 58.8 Å². The number of nitrogens with two attached hydrogens (primary N) is 1. The summed E-state index contributed by atoms with van der Waals surface area (Å²) in [7, 11) is 7.12. The molecule has 1 rings (SSSR count). The van der Waals surface area contributed by atoms with E-state index in [4.69, 9.17) is 10.5 Å². The van der Waals surface area contributed by atoms with Crippen molar-refractivity contribution in [3.8, 4) is 0 Å². The highest BCUT2D eigenvalue weighted by Gasteiger charge is 2.11. The molecule has 0 spiro atoms. The largest absolute Gasteiger partial charge is 0.397 e. The number of nitrogens with zero attached hydrogens (tertiary/aromatic N) is 2. The lowest BCUT2D eigenvalue weighted by Gasteiger charge is -2.21. The second-order valence-corrected chi connectivity index (χ2v) is 4.74. The van der Waals surface area contributed by atoms with E-state index in [2.05, 4.69) is 4.90 Å². The van der Waals surface area contributed by atoms with Gasteiger partial charge >= 0.3 is 0 Å². The Hall–Kier alpha value is -1.75. The van der Waals surface area contributed by atoms with Gasteiger partial charge in [-0.25, -0.2) is 0 Å². The summed E-state index contributed by atoms with van der Waals surface area (Å²) in [5.74, 6) is -0.0414. The summed E-state index contributed by atoms with van der Waals surface area (Å²) < 4.78 is 5.03. The van der Waals surface area contributed by atoms with Gasteiger partial charge in [-0.15, -0.1) is 0 Å². The van der Waals surface area contributed by atoms with E-state index < -0.39 is 0 Å². The number of ether oxygens (including phenoxy) is 1. The van der Waals surface area contributed by atoms with Crippen LogP contribution in [0.1, 0.15) is 16.8 Å². The van der Waals surface area contributed by atoms with Crippen molar-refractivity contribution in [2.24, 2.45) is 0 Å². The van der Waals surface area contributed by atoms with Gasteiger partial charge in [-0.1, -0.05) is 0 Å². The van der Waals surface area contributed by atoms with Crippen molar-refractivity contribution >= 4 is 17.3 Å². The molecule has 0 aromatic heterocycles. The fraction of sp³-hybridized carbons (Fsp3) is 0.500. The maximum absolute atomic E-state index is 11.8. The Morgan fingerprint density at radius 2 is 2.00 bits per heavy atom. The van der Waals surface area contributed by atoms with Crippen molar-refractivity contribution in [2.75, 3.05) is 52.0 Å². The quantitative estimate of drug-likeness (QED) is 0.624. The number of hydrogen-bond donors (Lipinski definition) is 1. The van der Waals surface area contributed by atoms with Crippen LogP contribution >= 0.6 is 0 Å². The molecule has 0 radical (unpaired) electrons. The molecular weight excluding hydrogens is 242 g/mol. The van der Waals surface area contributed by atoms with Gasteiger partial charge in [-0.3, -0.25) is 4.79 Å². The van der Waals surface area contributed by atoms with Crippen LogP contribution in [0.25, 0.3) is 0 Å². The second-order valence-electron chi connectivity index (χ2n) is 4.74. The Labute approximate surface area is 114 Å². The summed E-state index contributed by atoms with van der Waals surface area (Å²) in [6.45, 7) is 1.58. The lowest BCUT2D eigenvalue weighted by molar-refractivity contribution is 0.0827. The van der Waals surface area contributed by atoms with Crippen molar-refractivity contribution < 1.29 is 9.53 Å². The van der Waals surface area contributed by atoms with E-state index in [1.54, 1.807) is 33.3 Å². The molecule has 0 aliphatic heterocycles. The minimum Gasteiger partial charge on any atom is -0.397 e. The Bertz CT molecular complexity index is 433. The molecule has 0 saturated carbocycles. The molecule has 0 aliphatic rings. The summed E-state index contributed by atoms with van der Waals surface area (Å²) in [4.78, 5) is 15.4. The van der Waals surface area contributed by atoms with E-state index in [1.165, 1.54) is 4.90 Å². The van der Waals surface area contributed by atoms with Gasteiger partial charge in [0.25, 0.3) is 5.91 Å². The van der Waals surface area contributed by atoms with Crippen molar-refractivity contribution in [2.45, 2.75) is 6.42 Å². The molecule has 0 atom stereocenters. The number of carbonyl (C=O) groups excluding carboxylic acids is 1. The molecule has 0 saturated heterocycles. The molecule has 106 valence electrons. The number of carbonyl (C=O) groups is 1. The van der Waals surface area contributed by atoms with Gasteiger partial charge < -0.3 is 20.3 Å². The number of hydrogen-bond acceptors (Lipinski definition) is 4. The standard InChI is InChI=1S/C14H23N3O2/c1-16(2)14(18)11-6-7-13(12(15)10-11)17(3)8-5-9-19-4/h6-7,10H,5,8-9,15H2,1-4H3. The van der Waals surface area contributed by atoms with Gasteiger partial charge in [0.1, 0.15) is 0 Å². The summed E-state index contributed by atoms with van der Waals surface area (Å²) in [5.41, 5.74) is 8.18. The maximum Gasteiger partial charge on any atom is 0.253 e. The fourth-order valence-electron chi connectivity index (χ4n) is 1.86. The Morgan fingerprint density at radius 3 is 2.53 bits per heavy atom. The Kier molecular flexibility index (Phi) is 5.63. The molecule has 0 aliphatic carbocycles. The monoisotopic (exact) mass is 265 g/mol. The van der Waals surface area contributed by atoms with Gasteiger partial charge in [0.15, 0.2) is 0 Å². The first-order valence-electron chi connectivity index (χ1n) is 6.28. The smallest absolute Gasteiger partial charge is 0.253 e. The number of rotatable bonds is 6. The van der Waals surface area contributed by atoms with E-state index in [-0.39, 0.29) is 5.91 Å². The van der Waals surface area contributed by atoms with Crippen LogP contribution in [0.15, 0.2) is 18.2 Å². The maximum atomic E-state index is 11.8. The van der Waals surface area contributed by atoms with E-state index in [9.17, 15) is 4.79 Å². The predicted molar refractivity (Wildman–Crippen MR) is 78.6 cm³/mol. The summed E-state index contributed by atoms with van der Waals surface area (Å²) in [6.07, 6.45) is 0.935. The minimum atomic E-state index is -0.0414. The minimum absolute atomic E-state index is 0.0414. The van der Waals surface area contributed by atoms with Gasteiger partial charge in [0.05, 0.1) is 11.4 Å². The van der Waals surface area contributed by atoms with Crippen LogP contribution in [0.3, 0.4) is 0 Å². The first kappa shape index (κ1) is 15.3. The molecule has 1 aromatic carbocycles. The summed E-state index contributed by atoms with van der Waals surface area (Å²) >= 11 is 0. The molecule has 1 aromatic rings. The molecule has 2 N–H and O–H groups in total. The highest BCUT2D eigenvalue weighted by atomic mass is 16.5. The SMILES string of the molecule is COCCCN(C)c1ccc(C(=O)N(C)C)cc1N.